The lowest BCUT2D eigenvalue weighted by molar-refractivity contribution is 0.243. The van der Waals surface area contributed by atoms with Gasteiger partial charge in [-0.2, -0.15) is 0 Å². The Labute approximate surface area is 104 Å². The van der Waals surface area contributed by atoms with Crippen molar-refractivity contribution in [2.45, 2.75) is 27.2 Å². The van der Waals surface area contributed by atoms with E-state index < -0.39 is 0 Å². The molecule has 0 aliphatic rings. The number of benzene rings is 1. The van der Waals surface area contributed by atoms with Gasteiger partial charge in [-0.1, -0.05) is 38.7 Å². The molecule has 0 saturated carbocycles. The van der Waals surface area contributed by atoms with Crippen LogP contribution in [0.3, 0.4) is 0 Å². The van der Waals surface area contributed by atoms with Gasteiger partial charge in [0, 0.05) is 5.56 Å². The lowest BCUT2D eigenvalue weighted by atomic mass is 9.93. The summed E-state index contributed by atoms with van der Waals surface area (Å²) >= 11 is 0. The molecule has 0 atom stereocenters. The van der Waals surface area contributed by atoms with E-state index in [1.807, 2.05) is 24.3 Å². The molecule has 0 radical (unpaired) electrons. The van der Waals surface area contributed by atoms with Crippen molar-refractivity contribution >= 4 is 0 Å². The van der Waals surface area contributed by atoms with Gasteiger partial charge in [0.15, 0.2) is 0 Å². The molecule has 0 aliphatic carbocycles. The van der Waals surface area contributed by atoms with E-state index in [2.05, 4.69) is 32.6 Å². The predicted octanol–water partition coefficient (Wildman–Crippen LogP) is 2.81. The predicted molar refractivity (Wildman–Crippen MR) is 71.9 cm³/mol. The van der Waals surface area contributed by atoms with Crippen molar-refractivity contribution in [3.8, 4) is 17.6 Å². The Morgan fingerprint density at radius 1 is 1.29 bits per heavy atom. The fraction of sp³-hybridized carbons (Fsp3) is 0.467. The summed E-state index contributed by atoms with van der Waals surface area (Å²) in [6, 6.07) is 7.81. The van der Waals surface area contributed by atoms with Crippen molar-refractivity contribution in [1.82, 2.24) is 0 Å². The molecular weight excluding hydrogens is 210 g/mol. The Balaban J connectivity index is 2.54. The zero-order valence-electron chi connectivity index (χ0n) is 10.9. The molecule has 2 N–H and O–H groups in total. The molecule has 1 aromatic rings. The summed E-state index contributed by atoms with van der Waals surface area (Å²) in [5.41, 5.74) is 6.59. The van der Waals surface area contributed by atoms with Crippen LogP contribution >= 0.6 is 0 Å². The molecule has 0 spiro atoms. The maximum Gasteiger partial charge on any atom is 0.120 e. The molecule has 17 heavy (non-hydrogen) atoms. The maximum absolute atomic E-state index is 5.70. The number of nitrogens with two attached hydrogens (primary N) is 1. The van der Waals surface area contributed by atoms with E-state index in [4.69, 9.17) is 10.5 Å². The van der Waals surface area contributed by atoms with E-state index in [9.17, 15) is 0 Å². The molecule has 1 rings (SSSR count). The fourth-order valence-electron chi connectivity index (χ4n) is 1.29. The smallest absolute Gasteiger partial charge is 0.120 e. The van der Waals surface area contributed by atoms with E-state index >= 15 is 0 Å². The molecule has 1 aromatic carbocycles. The Hall–Kier alpha value is -1.46. The van der Waals surface area contributed by atoms with Crippen molar-refractivity contribution in [1.29, 1.82) is 0 Å². The third kappa shape index (κ3) is 5.99. The van der Waals surface area contributed by atoms with Crippen LogP contribution in [0.4, 0.5) is 0 Å². The molecule has 0 fully saturated rings. The third-order valence-corrected chi connectivity index (χ3v) is 2.29. The van der Waals surface area contributed by atoms with E-state index in [0.717, 1.165) is 24.3 Å². The zero-order chi connectivity index (χ0) is 12.7. The molecule has 0 saturated heterocycles. The first-order valence-corrected chi connectivity index (χ1v) is 5.93. The van der Waals surface area contributed by atoms with E-state index in [-0.39, 0.29) is 0 Å². The van der Waals surface area contributed by atoms with E-state index in [1.165, 1.54) is 0 Å². The number of rotatable bonds is 3. The van der Waals surface area contributed by atoms with Crippen LogP contribution in [0.25, 0.3) is 0 Å². The summed E-state index contributed by atoms with van der Waals surface area (Å²) in [5, 5.41) is 0. The van der Waals surface area contributed by atoms with Gasteiger partial charge in [0.25, 0.3) is 0 Å². The second-order valence-corrected chi connectivity index (χ2v) is 5.19. The van der Waals surface area contributed by atoms with Crippen LogP contribution in [0.5, 0.6) is 5.75 Å². The minimum Gasteiger partial charge on any atom is -0.494 e. The average Bonchev–Trinajstić information content (AvgIpc) is 2.25. The minimum absolute atomic E-state index is 0.303. The summed E-state index contributed by atoms with van der Waals surface area (Å²) in [6.07, 6.45) is 1.03. The normalized spacial score (nSPS) is 10.6. The molecular formula is C15H21NO. The molecule has 0 aromatic heterocycles. The summed E-state index contributed by atoms with van der Waals surface area (Å²) in [5.74, 6) is 6.70. The van der Waals surface area contributed by atoms with Gasteiger partial charge in [-0.05, 0) is 30.0 Å². The molecule has 0 amide bonds. The van der Waals surface area contributed by atoms with Crippen LogP contribution in [0, 0.1) is 17.3 Å². The quantitative estimate of drug-likeness (QED) is 0.812. The first kappa shape index (κ1) is 13.6. The van der Waals surface area contributed by atoms with Crippen LogP contribution in [-0.4, -0.2) is 13.2 Å². The van der Waals surface area contributed by atoms with Crippen LogP contribution in [0.2, 0.25) is 0 Å². The maximum atomic E-state index is 5.70. The van der Waals surface area contributed by atoms with Crippen LogP contribution in [0.1, 0.15) is 32.8 Å². The summed E-state index contributed by atoms with van der Waals surface area (Å²) < 4.78 is 5.70. The Bertz CT molecular complexity index is 407. The lowest BCUT2D eigenvalue weighted by Gasteiger charge is -2.18. The molecule has 2 heteroatoms. The van der Waals surface area contributed by atoms with Gasteiger partial charge in [0.05, 0.1) is 13.2 Å². The van der Waals surface area contributed by atoms with Gasteiger partial charge >= 0.3 is 0 Å². The van der Waals surface area contributed by atoms with Crippen LogP contribution in [0.15, 0.2) is 24.3 Å². The Morgan fingerprint density at radius 2 is 2.06 bits per heavy atom. The monoisotopic (exact) mass is 231 g/mol. The molecule has 2 nitrogen and oxygen atoms in total. The highest BCUT2D eigenvalue weighted by atomic mass is 16.5. The van der Waals surface area contributed by atoms with Crippen molar-refractivity contribution in [3.63, 3.8) is 0 Å². The number of ether oxygens (including phenoxy) is 1. The highest BCUT2D eigenvalue weighted by molar-refractivity contribution is 5.39. The molecule has 0 heterocycles. The van der Waals surface area contributed by atoms with E-state index in [0.29, 0.717) is 12.0 Å². The van der Waals surface area contributed by atoms with Crippen molar-refractivity contribution in [2.24, 2.45) is 11.1 Å². The van der Waals surface area contributed by atoms with E-state index in [1.54, 1.807) is 0 Å². The summed E-state index contributed by atoms with van der Waals surface area (Å²) in [6.45, 7) is 7.74. The average molecular weight is 231 g/mol. The topological polar surface area (TPSA) is 35.2 Å². The largest absolute Gasteiger partial charge is 0.494 e. The zero-order valence-corrected chi connectivity index (χ0v) is 10.9. The molecule has 0 bridgehead atoms. The van der Waals surface area contributed by atoms with Gasteiger partial charge in [0.2, 0.25) is 0 Å². The second-order valence-electron chi connectivity index (χ2n) is 5.19. The Kier molecular flexibility index (Phi) is 5.06. The molecule has 0 aliphatic heterocycles. The number of hydrogen-bond donors (Lipinski definition) is 1. The van der Waals surface area contributed by atoms with Gasteiger partial charge in [-0.3, -0.25) is 0 Å². The van der Waals surface area contributed by atoms with Crippen LogP contribution < -0.4 is 10.5 Å². The van der Waals surface area contributed by atoms with Crippen LogP contribution in [-0.2, 0) is 0 Å². The highest BCUT2D eigenvalue weighted by Crippen LogP contribution is 2.19. The first-order valence-electron chi connectivity index (χ1n) is 5.93. The second kappa shape index (κ2) is 6.32. The van der Waals surface area contributed by atoms with Crippen molar-refractivity contribution < 1.29 is 4.74 Å². The summed E-state index contributed by atoms with van der Waals surface area (Å²) in [4.78, 5) is 0. The van der Waals surface area contributed by atoms with Gasteiger partial charge in [-0.25, -0.2) is 0 Å². The molecule has 0 unspecified atom stereocenters. The van der Waals surface area contributed by atoms with Gasteiger partial charge < -0.3 is 10.5 Å². The molecule has 92 valence electrons. The highest BCUT2D eigenvalue weighted by Gasteiger charge is 2.09. The SMILES string of the molecule is CC(C)(C)CCOc1cccc(C#CCN)c1. The first-order chi connectivity index (χ1) is 8.01. The standard InChI is InChI=1S/C15H21NO/c1-15(2,3)9-11-17-14-8-4-6-13(12-14)7-5-10-16/h4,6,8,12H,9-11,16H2,1-3H3. The van der Waals surface area contributed by atoms with Crippen molar-refractivity contribution in [2.75, 3.05) is 13.2 Å². The Morgan fingerprint density at radius 3 is 2.71 bits per heavy atom. The lowest BCUT2D eigenvalue weighted by Crippen LogP contribution is -2.11. The van der Waals surface area contributed by atoms with Gasteiger partial charge in [0.1, 0.15) is 5.75 Å². The third-order valence-electron chi connectivity index (χ3n) is 2.29. The van der Waals surface area contributed by atoms with Crippen molar-refractivity contribution in [3.05, 3.63) is 29.8 Å². The number of hydrogen-bond acceptors (Lipinski definition) is 2. The fourth-order valence-corrected chi connectivity index (χ4v) is 1.29. The minimum atomic E-state index is 0.303. The van der Waals surface area contributed by atoms with Gasteiger partial charge in [-0.15, -0.1) is 0 Å². The summed E-state index contributed by atoms with van der Waals surface area (Å²) in [7, 11) is 0.